The molecule has 2 rings (SSSR count). The molecular weight excluding hydrogens is 112 g/mol. The zero-order chi connectivity index (χ0) is 6.16. The first-order chi connectivity index (χ1) is 4.41. The van der Waals surface area contributed by atoms with E-state index in [1.54, 1.807) is 0 Å². The molecule has 0 aromatic rings. The molecule has 0 bridgehead atoms. The molecule has 2 nitrogen and oxygen atoms in total. The Labute approximate surface area is 55.4 Å². The SMILES string of the molecule is C1=NCCNC12CCC2. The van der Waals surface area contributed by atoms with Crippen LogP contribution in [0.3, 0.4) is 0 Å². The number of hydrogen-bond acceptors (Lipinski definition) is 2. The number of aliphatic imine (C=N–C) groups is 1. The Morgan fingerprint density at radius 1 is 1.44 bits per heavy atom. The van der Waals surface area contributed by atoms with Crippen molar-refractivity contribution in [2.45, 2.75) is 24.8 Å². The van der Waals surface area contributed by atoms with E-state index in [9.17, 15) is 0 Å². The molecular formula is C7H12N2. The monoisotopic (exact) mass is 124 g/mol. The van der Waals surface area contributed by atoms with Gasteiger partial charge in [-0.25, -0.2) is 0 Å². The third-order valence-corrected chi connectivity index (χ3v) is 2.30. The lowest BCUT2D eigenvalue weighted by Gasteiger charge is -2.41. The summed E-state index contributed by atoms with van der Waals surface area (Å²) in [6.07, 6.45) is 6.09. The average Bonchev–Trinajstić information content (AvgIpc) is 1.87. The van der Waals surface area contributed by atoms with Gasteiger partial charge in [0.1, 0.15) is 0 Å². The second-order valence-corrected chi connectivity index (χ2v) is 2.97. The highest BCUT2D eigenvalue weighted by atomic mass is 15.0. The van der Waals surface area contributed by atoms with Crippen molar-refractivity contribution in [1.29, 1.82) is 0 Å². The molecule has 0 atom stereocenters. The number of hydrogen-bond donors (Lipinski definition) is 1. The fourth-order valence-corrected chi connectivity index (χ4v) is 1.52. The molecule has 1 fully saturated rings. The molecule has 0 aromatic carbocycles. The maximum Gasteiger partial charge on any atom is 0.0534 e. The fourth-order valence-electron chi connectivity index (χ4n) is 1.52. The summed E-state index contributed by atoms with van der Waals surface area (Å²) in [5.41, 5.74) is 0.359. The van der Waals surface area contributed by atoms with Gasteiger partial charge in [-0.3, -0.25) is 4.99 Å². The minimum absolute atomic E-state index is 0.359. The van der Waals surface area contributed by atoms with Crippen molar-refractivity contribution < 1.29 is 0 Å². The van der Waals surface area contributed by atoms with E-state index in [0.717, 1.165) is 13.1 Å². The number of rotatable bonds is 0. The smallest absolute Gasteiger partial charge is 0.0534 e. The van der Waals surface area contributed by atoms with Gasteiger partial charge < -0.3 is 5.32 Å². The number of nitrogens with zero attached hydrogens (tertiary/aromatic N) is 1. The summed E-state index contributed by atoms with van der Waals surface area (Å²) < 4.78 is 0. The molecule has 9 heavy (non-hydrogen) atoms. The Kier molecular flexibility index (Phi) is 1.09. The van der Waals surface area contributed by atoms with Gasteiger partial charge in [0.2, 0.25) is 0 Å². The molecule has 1 aliphatic heterocycles. The van der Waals surface area contributed by atoms with Crippen LogP contribution in [0.2, 0.25) is 0 Å². The first-order valence-electron chi connectivity index (χ1n) is 3.67. The second-order valence-electron chi connectivity index (χ2n) is 2.97. The topological polar surface area (TPSA) is 24.4 Å². The lowest BCUT2D eigenvalue weighted by molar-refractivity contribution is 0.271. The van der Waals surface area contributed by atoms with Crippen LogP contribution in [0.1, 0.15) is 19.3 Å². The summed E-state index contributed by atoms with van der Waals surface area (Å²) >= 11 is 0. The molecule has 1 saturated carbocycles. The van der Waals surface area contributed by atoms with Crippen LogP contribution in [0.25, 0.3) is 0 Å². The third-order valence-electron chi connectivity index (χ3n) is 2.30. The van der Waals surface area contributed by atoms with E-state index in [4.69, 9.17) is 0 Å². The zero-order valence-electron chi connectivity index (χ0n) is 5.56. The highest BCUT2D eigenvalue weighted by Crippen LogP contribution is 2.30. The van der Waals surface area contributed by atoms with Gasteiger partial charge in [-0.05, 0) is 19.3 Å². The molecule has 2 aliphatic rings. The normalized spacial score (nSPS) is 30.2. The predicted molar refractivity (Wildman–Crippen MR) is 37.9 cm³/mol. The molecule has 1 spiro atoms. The Morgan fingerprint density at radius 2 is 2.33 bits per heavy atom. The Bertz CT molecular complexity index is 136. The largest absolute Gasteiger partial charge is 0.305 e. The van der Waals surface area contributed by atoms with Crippen molar-refractivity contribution in [3.8, 4) is 0 Å². The van der Waals surface area contributed by atoms with E-state index >= 15 is 0 Å². The van der Waals surface area contributed by atoms with E-state index in [-0.39, 0.29) is 0 Å². The van der Waals surface area contributed by atoms with Crippen LogP contribution in [0.4, 0.5) is 0 Å². The summed E-state index contributed by atoms with van der Waals surface area (Å²) in [6.45, 7) is 2.05. The van der Waals surface area contributed by atoms with Crippen LogP contribution >= 0.6 is 0 Å². The number of nitrogens with one attached hydrogen (secondary N) is 1. The van der Waals surface area contributed by atoms with Gasteiger partial charge in [0, 0.05) is 12.8 Å². The standard InChI is InChI=1S/C7H12N2/c1-2-7(3-1)6-8-4-5-9-7/h6,9H,1-5H2. The van der Waals surface area contributed by atoms with E-state index in [0.29, 0.717) is 5.54 Å². The summed E-state index contributed by atoms with van der Waals surface area (Å²) in [7, 11) is 0. The van der Waals surface area contributed by atoms with Crippen molar-refractivity contribution in [2.75, 3.05) is 13.1 Å². The maximum atomic E-state index is 4.26. The first kappa shape index (κ1) is 5.42. The fraction of sp³-hybridized carbons (Fsp3) is 0.857. The predicted octanol–water partition coefficient (Wildman–Crippen LogP) is 0.583. The molecule has 0 unspecified atom stereocenters. The quantitative estimate of drug-likeness (QED) is 0.502. The van der Waals surface area contributed by atoms with Gasteiger partial charge in [-0.15, -0.1) is 0 Å². The molecule has 1 aliphatic carbocycles. The van der Waals surface area contributed by atoms with Gasteiger partial charge in [-0.1, -0.05) is 0 Å². The van der Waals surface area contributed by atoms with E-state index < -0.39 is 0 Å². The van der Waals surface area contributed by atoms with E-state index in [2.05, 4.69) is 16.5 Å². The minimum atomic E-state index is 0.359. The average molecular weight is 124 g/mol. The van der Waals surface area contributed by atoms with Crippen LogP contribution in [0.5, 0.6) is 0 Å². The summed E-state index contributed by atoms with van der Waals surface area (Å²) in [5.74, 6) is 0. The minimum Gasteiger partial charge on any atom is -0.305 e. The lowest BCUT2D eigenvalue weighted by atomic mass is 9.77. The Balaban J connectivity index is 2.09. The highest BCUT2D eigenvalue weighted by Gasteiger charge is 2.35. The van der Waals surface area contributed by atoms with Gasteiger partial charge in [-0.2, -0.15) is 0 Å². The summed E-state index contributed by atoms with van der Waals surface area (Å²) in [4.78, 5) is 4.26. The van der Waals surface area contributed by atoms with Gasteiger partial charge in [0.05, 0.1) is 12.1 Å². The lowest BCUT2D eigenvalue weighted by Crippen LogP contribution is -2.55. The third kappa shape index (κ3) is 0.778. The van der Waals surface area contributed by atoms with Crippen molar-refractivity contribution in [2.24, 2.45) is 4.99 Å². The van der Waals surface area contributed by atoms with Crippen LogP contribution < -0.4 is 5.32 Å². The van der Waals surface area contributed by atoms with Crippen molar-refractivity contribution in [1.82, 2.24) is 5.32 Å². The van der Waals surface area contributed by atoms with Crippen molar-refractivity contribution in [3.63, 3.8) is 0 Å². The molecule has 0 saturated heterocycles. The van der Waals surface area contributed by atoms with Gasteiger partial charge in [0.25, 0.3) is 0 Å². The van der Waals surface area contributed by atoms with Gasteiger partial charge in [0.15, 0.2) is 0 Å². The molecule has 1 N–H and O–H groups in total. The first-order valence-corrected chi connectivity index (χ1v) is 3.67. The highest BCUT2D eigenvalue weighted by molar-refractivity contribution is 5.72. The van der Waals surface area contributed by atoms with Gasteiger partial charge >= 0.3 is 0 Å². The molecule has 1 heterocycles. The van der Waals surface area contributed by atoms with E-state index in [1.165, 1.54) is 19.3 Å². The van der Waals surface area contributed by atoms with Crippen LogP contribution in [0.15, 0.2) is 4.99 Å². The second kappa shape index (κ2) is 1.81. The van der Waals surface area contributed by atoms with E-state index in [1.807, 2.05) is 0 Å². The van der Waals surface area contributed by atoms with Crippen molar-refractivity contribution in [3.05, 3.63) is 0 Å². The summed E-state index contributed by atoms with van der Waals surface area (Å²) in [5, 5.41) is 3.48. The van der Waals surface area contributed by atoms with Crippen LogP contribution in [-0.2, 0) is 0 Å². The molecule has 50 valence electrons. The van der Waals surface area contributed by atoms with Crippen LogP contribution in [-0.4, -0.2) is 24.8 Å². The van der Waals surface area contributed by atoms with Crippen molar-refractivity contribution >= 4 is 6.21 Å². The maximum absolute atomic E-state index is 4.26. The zero-order valence-corrected chi connectivity index (χ0v) is 5.56. The molecule has 0 amide bonds. The molecule has 0 radical (unpaired) electrons. The summed E-state index contributed by atoms with van der Waals surface area (Å²) in [6, 6.07) is 0. The Hall–Kier alpha value is -0.370. The van der Waals surface area contributed by atoms with Crippen LogP contribution in [0, 0.1) is 0 Å². The molecule has 2 heteroatoms. The Morgan fingerprint density at radius 3 is 2.67 bits per heavy atom. The molecule has 0 aromatic heterocycles.